The number of carbonyl (C=O) groups is 1. The quantitative estimate of drug-likeness (QED) is 0.550. The summed E-state index contributed by atoms with van der Waals surface area (Å²) in [6.45, 7) is 2.18. The molecule has 1 aromatic heterocycles. The maximum absolute atomic E-state index is 12.7. The molecule has 21 heavy (non-hydrogen) atoms. The predicted octanol–water partition coefficient (Wildman–Crippen LogP) is 5.36. The first-order chi connectivity index (χ1) is 10.3. The summed E-state index contributed by atoms with van der Waals surface area (Å²) in [4.78, 5) is 14.1. The number of allylic oxidation sites excluding steroid dienone is 2. The van der Waals surface area contributed by atoms with Crippen LogP contribution < -0.4 is 0 Å². The van der Waals surface area contributed by atoms with Gasteiger partial charge in [0.1, 0.15) is 0 Å². The molecule has 0 saturated carbocycles. The molecule has 0 bridgehead atoms. The van der Waals surface area contributed by atoms with Gasteiger partial charge in [-0.25, -0.2) is 0 Å². The summed E-state index contributed by atoms with van der Waals surface area (Å²) < 4.78 is 0. The summed E-state index contributed by atoms with van der Waals surface area (Å²) in [5.74, 6) is 0.319. The summed E-state index contributed by atoms with van der Waals surface area (Å²) >= 11 is 1.79. The summed E-state index contributed by atoms with van der Waals surface area (Å²) in [6, 6.07) is 12.5. The van der Waals surface area contributed by atoms with Crippen molar-refractivity contribution in [3.05, 3.63) is 57.8 Å². The number of rotatable bonds is 3. The van der Waals surface area contributed by atoms with Crippen molar-refractivity contribution in [3.8, 4) is 0 Å². The lowest BCUT2D eigenvalue weighted by Crippen LogP contribution is -2.03. The van der Waals surface area contributed by atoms with Crippen molar-refractivity contribution in [1.82, 2.24) is 0 Å². The maximum atomic E-state index is 12.7. The summed E-state index contributed by atoms with van der Waals surface area (Å²) in [7, 11) is 0. The van der Waals surface area contributed by atoms with Crippen LogP contribution in [-0.4, -0.2) is 5.78 Å². The lowest BCUT2D eigenvalue weighted by molar-refractivity contribution is -0.113. The number of Topliss-reactive ketones (excluding diaryl/α,β-unsaturated/α-hetero) is 1. The number of benzene rings is 1. The highest BCUT2D eigenvalue weighted by atomic mass is 32.1. The zero-order chi connectivity index (χ0) is 14.7. The molecule has 2 aromatic rings. The minimum atomic E-state index is 0.319. The van der Waals surface area contributed by atoms with Crippen molar-refractivity contribution in [2.24, 2.45) is 0 Å². The van der Waals surface area contributed by atoms with Crippen LogP contribution in [0.25, 0.3) is 11.1 Å². The molecule has 1 aliphatic rings. The van der Waals surface area contributed by atoms with E-state index in [-0.39, 0.29) is 0 Å². The van der Waals surface area contributed by atoms with Gasteiger partial charge in [0.2, 0.25) is 0 Å². The van der Waals surface area contributed by atoms with E-state index in [9.17, 15) is 4.79 Å². The number of ketones is 1. The van der Waals surface area contributed by atoms with Crippen LogP contribution in [0, 0.1) is 0 Å². The Kier molecular flexibility index (Phi) is 4.35. The number of carbonyl (C=O) groups excluding carboxylic acids is 1. The first-order valence-electron chi connectivity index (χ1n) is 7.69. The first-order valence-corrected chi connectivity index (χ1v) is 8.57. The average Bonchev–Trinajstić information content (AvgIpc) is 2.90. The topological polar surface area (TPSA) is 17.1 Å². The van der Waals surface area contributed by atoms with Gasteiger partial charge in [-0.3, -0.25) is 4.79 Å². The summed E-state index contributed by atoms with van der Waals surface area (Å²) in [6.07, 6.45) is 4.71. The molecule has 1 heterocycles. The van der Waals surface area contributed by atoms with Crippen molar-refractivity contribution >= 4 is 28.3 Å². The van der Waals surface area contributed by atoms with E-state index < -0.39 is 0 Å². The van der Waals surface area contributed by atoms with Gasteiger partial charge in [-0.2, -0.15) is 0 Å². The molecule has 1 aliphatic carbocycles. The Balaban J connectivity index is 2.22. The largest absolute Gasteiger partial charge is 0.294 e. The Bertz CT molecular complexity index is 664. The minimum Gasteiger partial charge on any atom is -0.294 e. The molecule has 0 N–H and O–H groups in total. The Labute approximate surface area is 130 Å². The second kappa shape index (κ2) is 6.40. The van der Waals surface area contributed by atoms with Crippen LogP contribution in [0.2, 0.25) is 0 Å². The van der Waals surface area contributed by atoms with E-state index in [1.165, 1.54) is 21.6 Å². The van der Waals surface area contributed by atoms with Crippen LogP contribution in [0.5, 0.6) is 0 Å². The zero-order valence-electron chi connectivity index (χ0n) is 12.4. The van der Waals surface area contributed by atoms with E-state index in [2.05, 4.69) is 42.6 Å². The second-order valence-corrected chi connectivity index (χ2v) is 6.50. The Morgan fingerprint density at radius 1 is 1.14 bits per heavy atom. The average molecular weight is 296 g/mol. The van der Waals surface area contributed by atoms with Gasteiger partial charge in [0.25, 0.3) is 0 Å². The predicted molar refractivity (Wildman–Crippen MR) is 90.4 cm³/mol. The second-order valence-electron chi connectivity index (χ2n) is 5.50. The molecule has 0 aliphatic heterocycles. The fraction of sp³-hybridized carbons (Fsp3) is 0.316. The Hall–Kier alpha value is -1.67. The maximum Gasteiger partial charge on any atom is 0.163 e. The molecule has 0 atom stereocenters. The van der Waals surface area contributed by atoms with Gasteiger partial charge >= 0.3 is 0 Å². The number of hydrogen-bond acceptors (Lipinski definition) is 2. The van der Waals surface area contributed by atoms with Crippen LogP contribution in [0.1, 0.15) is 48.6 Å². The molecule has 1 nitrogen and oxygen atoms in total. The van der Waals surface area contributed by atoms with Crippen LogP contribution in [0.15, 0.2) is 41.8 Å². The number of fused-ring (bicyclic) bond motifs is 1. The standard InChI is InChI=1S/C19H20OS/c1-2-7-15(14-8-4-3-5-9-14)19-16-12-13-21-18(16)11-6-10-17(19)20/h3-5,8-9,12-13H,2,6-7,10-11H2,1H3/b19-15-. The minimum absolute atomic E-state index is 0.319. The van der Waals surface area contributed by atoms with Gasteiger partial charge in [-0.15, -0.1) is 11.3 Å². The van der Waals surface area contributed by atoms with E-state index in [0.29, 0.717) is 12.2 Å². The highest BCUT2D eigenvalue weighted by Crippen LogP contribution is 2.37. The highest BCUT2D eigenvalue weighted by molar-refractivity contribution is 7.10. The normalized spacial score (nSPS) is 17.3. The van der Waals surface area contributed by atoms with Crippen molar-refractivity contribution in [2.45, 2.75) is 39.0 Å². The molecule has 3 rings (SSSR count). The monoisotopic (exact) mass is 296 g/mol. The van der Waals surface area contributed by atoms with E-state index in [0.717, 1.165) is 31.3 Å². The summed E-state index contributed by atoms with van der Waals surface area (Å²) in [5.41, 5.74) is 4.60. The molecule has 1 aromatic carbocycles. The Morgan fingerprint density at radius 2 is 1.95 bits per heavy atom. The van der Waals surface area contributed by atoms with Gasteiger partial charge < -0.3 is 0 Å². The van der Waals surface area contributed by atoms with Crippen LogP contribution in [0.4, 0.5) is 0 Å². The van der Waals surface area contributed by atoms with Gasteiger partial charge in [-0.1, -0.05) is 43.7 Å². The van der Waals surface area contributed by atoms with Gasteiger partial charge in [0.15, 0.2) is 5.78 Å². The van der Waals surface area contributed by atoms with E-state index in [4.69, 9.17) is 0 Å². The molecule has 2 heteroatoms. The zero-order valence-corrected chi connectivity index (χ0v) is 13.2. The van der Waals surface area contributed by atoms with E-state index in [1.54, 1.807) is 11.3 Å². The molecule has 0 radical (unpaired) electrons. The third-order valence-corrected chi connectivity index (χ3v) is 5.01. The lowest BCUT2D eigenvalue weighted by Gasteiger charge is -2.14. The van der Waals surface area contributed by atoms with Crippen molar-refractivity contribution in [2.75, 3.05) is 0 Å². The van der Waals surface area contributed by atoms with Gasteiger partial charge in [0.05, 0.1) is 0 Å². The van der Waals surface area contributed by atoms with Crippen molar-refractivity contribution in [3.63, 3.8) is 0 Å². The van der Waals surface area contributed by atoms with Crippen LogP contribution in [0.3, 0.4) is 0 Å². The SMILES string of the molecule is CCC/C(=C1/C(=O)CCCc2sccc21)c1ccccc1. The Morgan fingerprint density at radius 3 is 2.71 bits per heavy atom. The summed E-state index contributed by atoms with van der Waals surface area (Å²) in [5, 5.41) is 2.12. The van der Waals surface area contributed by atoms with Crippen molar-refractivity contribution < 1.29 is 4.79 Å². The fourth-order valence-corrected chi connectivity index (χ4v) is 4.00. The van der Waals surface area contributed by atoms with E-state index >= 15 is 0 Å². The van der Waals surface area contributed by atoms with Crippen LogP contribution >= 0.6 is 11.3 Å². The molecule has 0 spiro atoms. The molecular weight excluding hydrogens is 276 g/mol. The molecule has 0 saturated heterocycles. The fourth-order valence-electron chi connectivity index (χ4n) is 3.08. The molecule has 0 amide bonds. The molecule has 0 fully saturated rings. The number of thiophene rings is 1. The molecule has 0 unspecified atom stereocenters. The van der Waals surface area contributed by atoms with Crippen LogP contribution in [-0.2, 0) is 11.2 Å². The van der Waals surface area contributed by atoms with Gasteiger partial charge in [-0.05, 0) is 47.4 Å². The molecule has 108 valence electrons. The number of aryl methyl sites for hydroxylation is 1. The van der Waals surface area contributed by atoms with Crippen molar-refractivity contribution in [1.29, 1.82) is 0 Å². The highest BCUT2D eigenvalue weighted by Gasteiger charge is 2.24. The first kappa shape index (κ1) is 14.3. The third kappa shape index (κ3) is 2.86. The molecular formula is C19H20OS. The third-order valence-electron chi connectivity index (χ3n) is 4.03. The van der Waals surface area contributed by atoms with E-state index in [1.807, 2.05) is 6.07 Å². The van der Waals surface area contributed by atoms with Gasteiger partial charge in [0, 0.05) is 16.9 Å². The lowest BCUT2D eigenvalue weighted by atomic mass is 9.89. The number of hydrogen-bond donors (Lipinski definition) is 0. The smallest absolute Gasteiger partial charge is 0.163 e.